The van der Waals surface area contributed by atoms with E-state index in [1.807, 2.05) is 5.38 Å². The Morgan fingerprint density at radius 3 is 2.78 bits per heavy atom. The van der Waals surface area contributed by atoms with Gasteiger partial charge in [-0.25, -0.2) is 0 Å². The molecule has 6 atom stereocenters. The molecule has 0 aliphatic carbocycles. The van der Waals surface area contributed by atoms with Gasteiger partial charge in [-0.05, 0) is 48.9 Å². The molecule has 36 heavy (non-hydrogen) atoms. The van der Waals surface area contributed by atoms with Gasteiger partial charge in [0.05, 0.1) is 16.9 Å². The maximum Gasteiger partial charge on any atom is 0.612 e. The molecule has 3 unspecified atom stereocenters. The highest BCUT2D eigenvalue weighted by molar-refractivity contribution is 7.37. The molecule has 3 heterocycles. The second-order valence-corrected chi connectivity index (χ2v) is 9.49. The van der Waals surface area contributed by atoms with Crippen molar-refractivity contribution in [1.82, 2.24) is 19.6 Å². The maximum atomic E-state index is 12.5. The van der Waals surface area contributed by atoms with Crippen LogP contribution in [0.15, 0.2) is 17.1 Å². The van der Waals surface area contributed by atoms with Crippen LogP contribution in [0.5, 0.6) is 0 Å². The van der Waals surface area contributed by atoms with Gasteiger partial charge in [0.1, 0.15) is 33.9 Å². The molecule has 1 aliphatic rings. The van der Waals surface area contributed by atoms with Gasteiger partial charge in [-0.3, -0.25) is 14.6 Å². The third-order valence-electron chi connectivity index (χ3n) is 5.18. The average Bonchev–Trinajstić information content (AvgIpc) is 3.26. The largest absolute Gasteiger partial charge is 0.612 e. The highest BCUT2D eigenvalue weighted by Gasteiger charge is 2.61. The van der Waals surface area contributed by atoms with Gasteiger partial charge < -0.3 is 30.0 Å². The number of esters is 1. The third kappa shape index (κ3) is 5.45. The number of fused-ring (bicyclic) bond motifs is 1. The van der Waals surface area contributed by atoms with Crippen LogP contribution in [0.1, 0.15) is 27.0 Å². The summed E-state index contributed by atoms with van der Waals surface area (Å²) in [5.74, 6) is 1.31. The molecule has 3 rings (SSSR count). The molecule has 13 nitrogen and oxygen atoms in total. The standard InChI is InChI=1S/C19H21B2ClN5O8P/c1-8(2)33-15(30)9(3)26-36(32)35-19(20,21)12-11(28)18(31,5-6-22)16(34-12)27-7-4-10-13(27)24-17(23)25-14(10)29/h4,7-9,11-12,16,28,31H,1-3H3,(H3-,23,24,25,26,29,32)/p+1/t9-,11-,12?,16+,18?/m0/s1. The van der Waals surface area contributed by atoms with Crippen molar-refractivity contribution >= 4 is 58.4 Å². The van der Waals surface area contributed by atoms with Crippen LogP contribution in [0, 0.1) is 11.3 Å². The quantitative estimate of drug-likeness (QED) is 0.121. The zero-order valence-electron chi connectivity index (χ0n) is 19.3. The Hall–Kier alpha value is -2.43. The molecule has 0 saturated carbocycles. The van der Waals surface area contributed by atoms with E-state index in [0.29, 0.717) is 0 Å². The third-order valence-corrected chi connectivity index (χ3v) is 6.35. The lowest BCUT2D eigenvalue weighted by Gasteiger charge is -2.29. The number of anilines is 1. The predicted molar refractivity (Wildman–Crippen MR) is 130 cm³/mol. The minimum Gasteiger partial charge on any atom is -0.462 e. The van der Waals surface area contributed by atoms with Crippen LogP contribution in [-0.4, -0.2) is 81.8 Å². The molecule has 0 aromatic carbocycles. The molecule has 1 saturated heterocycles. The van der Waals surface area contributed by atoms with E-state index in [1.54, 1.807) is 13.8 Å². The van der Waals surface area contributed by atoms with Gasteiger partial charge in [0.25, 0.3) is 5.56 Å². The second kappa shape index (κ2) is 10.5. The minimum atomic E-state index is -2.90. The number of aromatic amines is 1. The van der Waals surface area contributed by atoms with Crippen molar-refractivity contribution in [2.75, 3.05) is 5.73 Å². The SMILES string of the molecule is [B]C([B])(O[P+](=O)N[C@@H](C)C(=O)OC(C)C)C1O[C@@H](n2ccc3c(=O)[nH]c(N)nc32)C(O)(C#CCl)[C@H]1O. The number of ether oxygens (including phenoxy) is 2. The van der Waals surface area contributed by atoms with Gasteiger partial charge in [-0.2, -0.15) is 4.98 Å². The van der Waals surface area contributed by atoms with E-state index in [0.717, 1.165) is 0 Å². The predicted octanol–water partition coefficient (Wildman–Crippen LogP) is -0.910. The van der Waals surface area contributed by atoms with Crippen LogP contribution in [-0.2, 0) is 23.4 Å². The molecule has 4 radical (unpaired) electrons. The van der Waals surface area contributed by atoms with Crippen LogP contribution in [0.4, 0.5) is 5.95 Å². The number of rotatable bonds is 8. The Morgan fingerprint density at radius 2 is 2.17 bits per heavy atom. The molecule has 188 valence electrons. The van der Waals surface area contributed by atoms with Crippen LogP contribution < -0.4 is 16.4 Å². The summed E-state index contributed by atoms with van der Waals surface area (Å²) >= 11 is 5.52. The molecule has 2 aromatic rings. The van der Waals surface area contributed by atoms with Crippen molar-refractivity contribution in [2.45, 2.75) is 62.4 Å². The van der Waals surface area contributed by atoms with Crippen LogP contribution in [0.3, 0.4) is 0 Å². The van der Waals surface area contributed by atoms with Gasteiger partial charge in [0.2, 0.25) is 11.5 Å². The lowest BCUT2D eigenvalue weighted by Crippen LogP contribution is -2.54. The van der Waals surface area contributed by atoms with Crippen LogP contribution in [0.2, 0.25) is 0 Å². The number of aliphatic hydroxyl groups is 2. The fraction of sp³-hybridized carbons (Fsp3) is 0.526. The number of aromatic nitrogens is 3. The molecular formula is C19H22B2ClN5O8P+. The van der Waals surface area contributed by atoms with Gasteiger partial charge in [-0.15, -0.1) is 4.52 Å². The Labute approximate surface area is 213 Å². The van der Waals surface area contributed by atoms with Crippen molar-refractivity contribution < 1.29 is 33.6 Å². The fourth-order valence-electron chi connectivity index (χ4n) is 3.55. The fourth-order valence-corrected chi connectivity index (χ4v) is 4.57. The molecule has 2 aromatic heterocycles. The highest BCUT2D eigenvalue weighted by Crippen LogP contribution is 2.44. The smallest absolute Gasteiger partial charge is 0.462 e. The van der Waals surface area contributed by atoms with E-state index >= 15 is 0 Å². The van der Waals surface area contributed by atoms with E-state index in [9.17, 15) is 24.4 Å². The molecule has 0 spiro atoms. The highest BCUT2D eigenvalue weighted by atomic mass is 35.5. The number of nitrogens with two attached hydrogens (primary N) is 1. The van der Waals surface area contributed by atoms with Gasteiger partial charge in [0, 0.05) is 11.6 Å². The Morgan fingerprint density at radius 1 is 1.50 bits per heavy atom. The number of nitrogen functional groups attached to an aromatic ring is 1. The molecular weight excluding hydrogens is 514 g/mol. The molecule has 6 N–H and O–H groups in total. The van der Waals surface area contributed by atoms with Gasteiger partial charge in [-0.1, -0.05) is 5.09 Å². The first kappa shape index (κ1) is 28.1. The van der Waals surface area contributed by atoms with Crippen molar-refractivity contribution in [3.8, 4) is 11.3 Å². The maximum absolute atomic E-state index is 12.5. The summed E-state index contributed by atoms with van der Waals surface area (Å²) in [6, 6.07) is 0.305. The first-order chi connectivity index (χ1) is 16.7. The topological polar surface area (TPSA) is 191 Å². The Kier molecular flexibility index (Phi) is 8.22. The summed E-state index contributed by atoms with van der Waals surface area (Å²) in [7, 11) is 9.05. The number of hydrogen-bond donors (Lipinski definition) is 5. The molecule has 0 amide bonds. The summed E-state index contributed by atoms with van der Waals surface area (Å²) in [6.07, 6.45) is -4.37. The van der Waals surface area contributed by atoms with E-state index in [2.05, 4.69) is 21.0 Å². The van der Waals surface area contributed by atoms with Crippen molar-refractivity contribution in [3.05, 3.63) is 22.6 Å². The Bertz CT molecular complexity index is 1290. The van der Waals surface area contributed by atoms with Crippen molar-refractivity contribution in [1.29, 1.82) is 0 Å². The number of carbonyl (C=O) groups excluding carboxylic acids is 1. The first-order valence-electron chi connectivity index (χ1n) is 10.5. The van der Waals surface area contributed by atoms with Crippen LogP contribution in [0.25, 0.3) is 11.0 Å². The summed E-state index contributed by atoms with van der Waals surface area (Å²) in [6.45, 7) is 4.65. The summed E-state index contributed by atoms with van der Waals surface area (Å²) in [4.78, 5) is 30.5. The number of hydrogen-bond acceptors (Lipinski definition) is 10. The van der Waals surface area contributed by atoms with E-state index in [-0.39, 0.29) is 17.0 Å². The molecule has 0 bridgehead atoms. The normalized spacial score (nSPS) is 25.4. The number of nitrogens with zero attached hydrogens (tertiary/aromatic N) is 2. The number of aliphatic hydroxyl groups excluding tert-OH is 1. The van der Waals surface area contributed by atoms with E-state index in [1.165, 1.54) is 23.8 Å². The zero-order chi connectivity index (χ0) is 27.0. The number of nitrogens with one attached hydrogen (secondary N) is 2. The zero-order valence-corrected chi connectivity index (χ0v) is 21.0. The van der Waals surface area contributed by atoms with Crippen molar-refractivity contribution in [3.63, 3.8) is 0 Å². The van der Waals surface area contributed by atoms with Gasteiger partial charge >= 0.3 is 14.1 Å². The summed E-state index contributed by atoms with van der Waals surface area (Å²) in [5, 5.41) is 24.1. The molecule has 1 fully saturated rings. The van der Waals surface area contributed by atoms with E-state index < -0.39 is 61.3 Å². The second-order valence-electron chi connectivity index (χ2n) is 8.35. The monoisotopic (exact) mass is 536 g/mol. The lowest BCUT2D eigenvalue weighted by molar-refractivity contribution is -0.149. The number of halogens is 1. The summed E-state index contributed by atoms with van der Waals surface area (Å²) in [5.41, 5.74) is 2.60. The van der Waals surface area contributed by atoms with Crippen LogP contribution >= 0.6 is 19.8 Å². The lowest BCUT2D eigenvalue weighted by atomic mass is 9.60. The Balaban J connectivity index is 1.90. The summed E-state index contributed by atoms with van der Waals surface area (Å²) < 4.78 is 29.6. The van der Waals surface area contributed by atoms with Gasteiger partial charge in [0.15, 0.2) is 11.9 Å². The number of H-pyrrole nitrogens is 1. The number of carbonyl (C=O) groups is 1. The average molecular weight is 536 g/mol. The molecule has 17 heteroatoms. The van der Waals surface area contributed by atoms with Crippen molar-refractivity contribution in [2.24, 2.45) is 0 Å². The first-order valence-corrected chi connectivity index (χ1v) is 12.0. The van der Waals surface area contributed by atoms with E-state index in [4.69, 9.17) is 47.0 Å². The minimum absolute atomic E-state index is 0.0188. The molecule has 1 aliphatic heterocycles.